The van der Waals surface area contributed by atoms with Crippen LogP contribution in [-0.4, -0.2) is 55.5 Å². The van der Waals surface area contributed by atoms with E-state index in [-0.39, 0.29) is 34.9 Å². The number of fused-ring (bicyclic) bond motifs is 1. The Balaban J connectivity index is 1.24. The molecular formula is C26H28N8O3. The summed E-state index contributed by atoms with van der Waals surface area (Å²) < 4.78 is 2.67. The minimum absolute atomic E-state index is 0.0622. The van der Waals surface area contributed by atoms with Gasteiger partial charge in [-0.3, -0.25) is 9.59 Å². The lowest BCUT2D eigenvalue weighted by Gasteiger charge is -2.30. The number of nitrogen functional groups attached to an aromatic ring is 1. The Morgan fingerprint density at radius 2 is 1.73 bits per heavy atom. The summed E-state index contributed by atoms with van der Waals surface area (Å²) in [5, 5.41) is 7.24. The fraction of sp³-hybridized carbons (Fsp3) is 0.269. The molecule has 0 spiro atoms. The number of anilines is 2. The van der Waals surface area contributed by atoms with Crippen LogP contribution in [-0.2, 0) is 9.59 Å². The van der Waals surface area contributed by atoms with E-state index in [2.05, 4.69) is 20.3 Å². The van der Waals surface area contributed by atoms with E-state index in [0.717, 1.165) is 31.5 Å². The summed E-state index contributed by atoms with van der Waals surface area (Å²) in [6, 6.07) is 16.3. The number of carbonyl (C=O) groups excluding carboxylic acids is 2. The van der Waals surface area contributed by atoms with Crippen molar-refractivity contribution in [3.8, 4) is 16.9 Å². The van der Waals surface area contributed by atoms with Gasteiger partial charge in [0.1, 0.15) is 0 Å². The summed E-state index contributed by atoms with van der Waals surface area (Å²) in [6.07, 6.45) is 3.44. The highest BCUT2D eigenvalue weighted by Gasteiger charge is 2.23. The third kappa shape index (κ3) is 5.21. The Morgan fingerprint density at radius 1 is 1.03 bits per heavy atom. The van der Waals surface area contributed by atoms with Gasteiger partial charge in [0, 0.05) is 36.3 Å². The minimum Gasteiger partial charge on any atom is -0.381 e. The summed E-state index contributed by atoms with van der Waals surface area (Å²) >= 11 is 0. The maximum Gasteiger partial charge on any atom is 0.355 e. The molecule has 0 atom stereocenters. The van der Waals surface area contributed by atoms with E-state index in [1.54, 1.807) is 30.5 Å². The van der Waals surface area contributed by atoms with Crippen molar-refractivity contribution in [2.75, 3.05) is 30.7 Å². The maximum atomic E-state index is 13.0. The molecule has 2 amide bonds. The number of aromatic nitrogens is 4. The molecule has 0 radical (unpaired) electrons. The number of amides is 2. The quantitative estimate of drug-likeness (QED) is 0.349. The number of nitrogens with two attached hydrogens (primary N) is 2. The molecule has 1 saturated heterocycles. The van der Waals surface area contributed by atoms with Gasteiger partial charge < -0.3 is 21.7 Å². The summed E-state index contributed by atoms with van der Waals surface area (Å²) in [5.41, 5.74) is 14.0. The summed E-state index contributed by atoms with van der Waals surface area (Å²) in [6.45, 7) is 2.16. The molecule has 190 valence electrons. The highest BCUT2D eigenvalue weighted by atomic mass is 16.2. The molecule has 0 aliphatic carbocycles. The van der Waals surface area contributed by atoms with Gasteiger partial charge in [0.15, 0.2) is 5.82 Å². The number of hydrogen-bond acceptors (Lipinski definition) is 7. The zero-order valence-electron chi connectivity index (χ0n) is 20.2. The van der Waals surface area contributed by atoms with Crippen molar-refractivity contribution < 1.29 is 9.59 Å². The van der Waals surface area contributed by atoms with E-state index >= 15 is 0 Å². The van der Waals surface area contributed by atoms with Crippen molar-refractivity contribution >= 4 is 29.0 Å². The molecule has 11 heteroatoms. The molecule has 0 saturated carbocycles. The molecule has 3 heterocycles. The molecule has 2 aromatic heterocycles. The second-order valence-electron chi connectivity index (χ2n) is 9.13. The zero-order chi connectivity index (χ0) is 25.9. The predicted octanol–water partition coefficient (Wildman–Crippen LogP) is 1.66. The second-order valence-corrected chi connectivity index (χ2v) is 9.13. The molecule has 1 fully saturated rings. The maximum absolute atomic E-state index is 13.0. The van der Waals surface area contributed by atoms with Crippen LogP contribution >= 0.6 is 0 Å². The molecule has 37 heavy (non-hydrogen) atoms. The monoisotopic (exact) mass is 500 g/mol. The Bertz CT molecular complexity index is 1490. The number of nitrogens with zero attached hydrogens (tertiary/aromatic N) is 5. The fourth-order valence-electron chi connectivity index (χ4n) is 4.53. The van der Waals surface area contributed by atoms with Gasteiger partial charge in [-0.05, 0) is 50.2 Å². The molecule has 1 aliphatic heterocycles. The first kappa shape index (κ1) is 24.2. The van der Waals surface area contributed by atoms with Gasteiger partial charge in [0.2, 0.25) is 17.5 Å². The third-order valence-electron chi connectivity index (χ3n) is 6.64. The largest absolute Gasteiger partial charge is 0.381 e. The first-order valence-corrected chi connectivity index (χ1v) is 12.1. The van der Waals surface area contributed by atoms with Crippen molar-refractivity contribution in [2.24, 2.45) is 11.7 Å². The molecule has 1 aliphatic rings. The Labute approximate surface area is 212 Å². The van der Waals surface area contributed by atoms with E-state index in [4.69, 9.17) is 11.5 Å². The number of nitrogens with one attached hydrogen (secondary N) is 1. The van der Waals surface area contributed by atoms with Gasteiger partial charge in [-0.2, -0.15) is 4.68 Å². The van der Waals surface area contributed by atoms with Crippen LogP contribution in [0.1, 0.15) is 19.3 Å². The molecule has 5 N–H and O–H groups in total. The van der Waals surface area contributed by atoms with Gasteiger partial charge in [0.05, 0.1) is 11.4 Å². The van der Waals surface area contributed by atoms with Gasteiger partial charge in [-0.15, -0.1) is 5.10 Å². The number of carbonyl (C=O) groups is 2. The minimum atomic E-state index is -0.348. The van der Waals surface area contributed by atoms with Gasteiger partial charge >= 0.3 is 5.69 Å². The predicted molar refractivity (Wildman–Crippen MR) is 140 cm³/mol. The van der Waals surface area contributed by atoms with Crippen molar-refractivity contribution in [2.45, 2.75) is 19.3 Å². The molecule has 5 rings (SSSR count). The van der Waals surface area contributed by atoms with E-state index in [9.17, 15) is 14.4 Å². The van der Waals surface area contributed by atoms with Crippen molar-refractivity contribution in [3.05, 3.63) is 71.3 Å². The second kappa shape index (κ2) is 10.2. The van der Waals surface area contributed by atoms with Gasteiger partial charge in [0.25, 0.3) is 0 Å². The number of para-hydroxylation sites is 1. The van der Waals surface area contributed by atoms with E-state index < -0.39 is 0 Å². The van der Waals surface area contributed by atoms with Crippen LogP contribution in [0.2, 0.25) is 0 Å². The Morgan fingerprint density at radius 3 is 2.41 bits per heavy atom. The number of piperidine rings is 1. The SMILES string of the molecule is NC(=O)C1CCN(CCC(=O)Nc2ccc(-c3cn4c(=O)n(-c5ccccc5)nc4c(N)n3)cc2)CC1. The van der Waals surface area contributed by atoms with Crippen LogP contribution in [0, 0.1) is 5.92 Å². The summed E-state index contributed by atoms with van der Waals surface area (Å²) in [5.74, 6) is -0.254. The zero-order valence-corrected chi connectivity index (χ0v) is 20.2. The average Bonchev–Trinajstić information content (AvgIpc) is 3.25. The average molecular weight is 501 g/mol. The number of benzene rings is 2. The lowest BCUT2D eigenvalue weighted by atomic mass is 9.96. The van der Waals surface area contributed by atoms with Gasteiger partial charge in [-0.25, -0.2) is 14.2 Å². The van der Waals surface area contributed by atoms with Crippen LogP contribution in [0.5, 0.6) is 0 Å². The molecule has 2 aromatic carbocycles. The lowest BCUT2D eigenvalue weighted by molar-refractivity contribution is -0.123. The lowest BCUT2D eigenvalue weighted by Crippen LogP contribution is -2.39. The first-order valence-electron chi connectivity index (χ1n) is 12.1. The van der Waals surface area contributed by atoms with Crippen LogP contribution < -0.4 is 22.5 Å². The summed E-state index contributed by atoms with van der Waals surface area (Å²) in [4.78, 5) is 43.3. The van der Waals surface area contributed by atoms with Crippen molar-refractivity contribution in [3.63, 3.8) is 0 Å². The van der Waals surface area contributed by atoms with Crippen LogP contribution in [0.25, 0.3) is 22.6 Å². The molecule has 11 nitrogen and oxygen atoms in total. The van der Waals surface area contributed by atoms with E-state index in [0.29, 0.717) is 30.0 Å². The van der Waals surface area contributed by atoms with Gasteiger partial charge in [-0.1, -0.05) is 30.3 Å². The normalized spacial score (nSPS) is 14.6. The highest BCUT2D eigenvalue weighted by Crippen LogP contribution is 2.22. The fourth-order valence-corrected chi connectivity index (χ4v) is 4.53. The molecule has 4 aromatic rings. The smallest absolute Gasteiger partial charge is 0.355 e. The third-order valence-corrected chi connectivity index (χ3v) is 6.64. The Kier molecular flexibility index (Phi) is 6.69. The summed E-state index contributed by atoms with van der Waals surface area (Å²) in [7, 11) is 0. The van der Waals surface area contributed by atoms with E-state index in [1.165, 1.54) is 9.08 Å². The number of rotatable bonds is 7. The number of primary amides is 1. The molecule has 0 unspecified atom stereocenters. The number of likely N-dealkylation sites (tertiary alicyclic amines) is 1. The van der Waals surface area contributed by atoms with Crippen molar-refractivity contribution in [1.82, 2.24) is 24.1 Å². The molecule has 0 bridgehead atoms. The first-order chi connectivity index (χ1) is 17.9. The van der Waals surface area contributed by atoms with Crippen LogP contribution in [0.3, 0.4) is 0 Å². The van der Waals surface area contributed by atoms with Crippen LogP contribution in [0.4, 0.5) is 11.5 Å². The van der Waals surface area contributed by atoms with Crippen LogP contribution in [0.15, 0.2) is 65.6 Å². The van der Waals surface area contributed by atoms with E-state index in [1.807, 2.05) is 30.3 Å². The highest BCUT2D eigenvalue weighted by molar-refractivity contribution is 5.91. The van der Waals surface area contributed by atoms with Crippen molar-refractivity contribution in [1.29, 1.82) is 0 Å². The molecular weight excluding hydrogens is 472 g/mol. The Hall–Kier alpha value is -4.51. The standard InChI is InChI=1S/C26H28N8O3/c27-23-25-31-34(20-4-2-1-3-5-20)26(37)33(25)16-21(30-23)17-6-8-19(9-7-17)29-22(35)12-15-32-13-10-18(11-14-32)24(28)36/h1-9,16,18H,10-15H2,(H2,27,30)(H2,28,36)(H,29,35). The number of hydrogen-bond donors (Lipinski definition) is 3. The topological polar surface area (TPSA) is 154 Å².